The van der Waals surface area contributed by atoms with Crippen molar-refractivity contribution in [2.45, 2.75) is 0 Å². The number of ether oxygens (including phenoxy) is 3. The summed E-state index contributed by atoms with van der Waals surface area (Å²) in [6.07, 6.45) is 0. The number of ketones is 1. The summed E-state index contributed by atoms with van der Waals surface area (Å²) in [5.74, 6) is 0.505. The van der Waals surface area contributed by atoms with E-state index in [1.54, 1.807) is 24.3 Å². The molecular formula is C16H15FO4. The van der Waals surface area contributed by atoms with E-state index in [9.17, 15) is 9.18 Å². The maximum Gasteiger partial charge on any atom is 0.203 e. The molecule has 0 aliphatic carbocycles. The van der Waals surface area contributed by atoms with Crippen molar-refractivity contribution in [1.82, 2.24) is 0 Å². The van der Waals surface area contributed by atoms with Gasteiger partial charge in [-0.25, -0.2) is 4.39 Å². The summed E-state index contributed by atoms with van der Waals surface area (Å²) in [5.41, 5.74) is 0.00682. The van der Waals surface area contributed by atoms with E-state index in [4.69, 9.17) is 14.2 Å². The minimum Gasteiger partial charge on any atom is -0.496 e. The van der Waals surface area contributed by atoms with Crippen LogP contribution < -0.4 is 14.2 Å². The van der Waals surface area contributed by atoms with E-state index in [1.807, 2.05) is 0 Å². The van der Waals surface area contributed by atoms with Crippen LogP contribution in [0.4, 0.5) is 4.39 Å². The molecular weight excluding hydrogens is 275 g/mol. The average Bonchev–Trinajstić information content (AvgIpc) is 2.52. The zero-order valence-corrected chi connectivity index (χ0v) is 11.8. The third-order valence-corrected chi connectivity index (χ3v) is 2.87. The van der Waals surface area contributed by atoms with Gasteiger partial charge in [-0.3, -0.25) is 4.79 Å². The molecule has 0 heterocycles. The van der Waals surface area contributed by atoms with E-state index in [-0.39, 0.29) is 12.2 Å². The van der Waals surface area contributed by atoms with Crippen LogP contribution in [0.3, 0.4) is 0 Å². The first-order chi connectivity index (χ1) is 10.1. The van der Waals surface area contributed by atoms with Crippen molar-refractivity contribution < 1.29 is 23.4 Å². The molecule has 0 saturated carbocycles. The van der Waals surface area contributed by atoms with Gasteiger partial charge in [-0.15, -0.1) is 0 Å². The Morgan fingerprint density at radius 1 is 1.00 bits per heavy atom. The maximum atomic E-state index is 13.5. The van der Waals surface area contributed by atoms with Gasteiger partial charge in [0.25, 0.3) is 0 Å². The molecule has 0 aromatic heterocycles. The number of hydrogen-bond donors (Lipinski definition) is 0. The van der Waals surface area contributed by atoms with Crippen LogP contribution in [0, 0.1) is 5.82 Å². The molecule has 0 spiro atoms. The second-order valence-corrected chi connectivity index (χ2v) is 4.24. The molecule has 21 heavy (non-hydrogen) atoms. The molecule has 0 unspecified atom stereocenters. The molecule has 0 bridgehead atoms. The molecule has 0 fully saturated rings. The molecule has 110 valence electrons. The van der Waals surface area contributed by atoms with Gasteiger partial charge in [0.15, 0.2) is 6.61 Å². The number of halogens is 1. The fourth-order valence-electron chi connectivity index (χ4n) is 1.78. The Morgan fingerprint density at radius 2 is 1.57 bits per heavy atom. The average molecular weight is 290 g/mol. The van der Waals surface area contributed by atoms with Crippen LogP contribution in [-0.4, -0.2) is 26.6 Å². The number of methoxy groups -OCH3 is 2. The van der Waals surface area contributed by atoms with Crippen molar-refractivity contribution in [2.24, 2.45) is 0 Å². The molecule has 2 aromatic carbocycles. The zero-order chi connectivity index (χ0) is 15.2. The Balaban J connectivity index is 2.09. The highest BCUT2D eigenvalue weighted by molar-refractivity contribution is 5.97. The minimum atomic E-state index is -0.561. The summed E-state index contributed by atoms with van der Waals surface area (Å²) in [4.78, 5) is 11.9. The predicted octanol–water partition coefficient (Wildman–Crippen LogP) is 3.10. The Bertz CT molecular complexity index is 618. The molecule has 0 N–H and O–H groups in total. The van der Waals surface area contributed by atoms with E-state index in [0.29, 0.717) is 17.2 Å². The monoisotopic (exact) mass is 290 g/mol. The molecule has 0 atom stereocenters. The van der Waals surface area contributed by atoms with Gasteiger partial charge in [0.05, 0.1) is 19.8 Å². The van der Waals surface area contributed by atoms with E-state index in [2.05, 4.69) is 0 Å². The lowest BCUT2D eigenvalue weighted by atomic mass is 10.1. The topological polar surface area (TPSA) is 44.8 Å². The highest BCUT2D eigenvalue weighted by Crippen LogP contribution is 2.27. The number of carbonyl (C=O) groups is 1. The molecule has 5 heteroatoms. The summed E-state index contributed by atoms with van der Waals surface area (Å²) in [5, 5.41) is 0. The first kappa shape index (κ1) is 14.8. The first-order valence-corrected chi connectivity index (χ1v) is 6.27. The highest BCUT2D eigenvalue weighted by atomic mass is 19.1. The maximum absolute atomic E-state index is 13.5. The van der Waals surface area contributed by atoms with Crippen LogP contribution in [-0.2, 0) is 0 Å². The second-order valence-electron chi connectivity index (χ2n) is 4.24. The number of hydrogen-bond acceptors (Lipinski definition) is 4. The van der Waals surface area contributed by atoms with Gasteiger partial charge < -0.3 is 14.2 Å². The largest absolute Gasteiger partial charge is 0.496 e. The highest BCUT2D eigenvalue weighted by Gasteiger charge is 2.12. The summed E-state index contributed by atoms with van der Waals surface area (Å²) in [6.45, 7) is -0.267. The van der Waals surface area contributed by atoms with Gasteiger partial charge in [0.2, 0.25) is 5.78 Å². The summed E-state index contributed by atoms with van der Waals surface area (Å²) >= 11 is 0. The Hall–Kier alpha value is -2.56. The van der Waals surface area contributed by atoms with Crippen LogP contribution in [0.1, 0.15) is 10.4 Å². The standard InChI is InChI=1S/C16H15FO4/c1-19-11-7-12(20-2)9-13(8-11)21-10-16(18)14-5-3-4-6-15(14)17/h3-9H,10H2,1-2H3. The smallest absolute Gasteiger partial charge is 0.203 e. The molecule has 0 radical (unpaired) electrons. The molecule has 0 aliphatic heterocycles. The fourth-order valence-corrected chi connectivity index (χ4v) is 1.78. The molecule has 4 nitrogen and oxygen atoms in total. The lowest BCUT2D eigenvalue weighted by Gasteiger charge is -2.10. The van der Waals surface area contributed by atoms with Crippen molar-refractivity contribution in [1.29, 1.82) is 0 Å². The van der Waals surface area contributed by atoms with Gasteiger partial charge in [-0.2, -0.15) is 0 Å². The van der Waals surface area contributed by atoms with E-state index in [1.165, 1.54) is 32.4 Å². The minimum absolute atomic E-state index is 0.00682. The third kappa shape index (κ3) is 3.72. The van der Waals surface area contributed by atoms with E-state index in [0.717, 1.165) is 0 Å². The summed E-state index contributed by atoms with van der Waals surface area (Å²) in [6, 6.07) is 10.7. The Labute approximate surface area is 122 Å². The quantitative estimate of drug-likeness (QED) is 0.767. The van der Waals surface area contributed by atoms with Crippen LogP contribution in [0.2, 0.25) is 0 Å². The molecule has 0 aliphatic rings. The van der Waals surface area contributed by atoms with Gasteiger partial charge in [0.1, 0.15) is 23.1 Å². The zero-order valence-electron chi connectivity index (χ0n) is 11.8. The van der Waals surface area contributed by atoms with Crippen LogP contribution in [0.25, 0.3) is 0 Å². The number of benzene rings is 2. The van der Waals surface area contributed by atoms with Crippen molar-refractivity contribution in [2.75, 3.05) is 20.8 Å². The van der Waals surface area contributed by atoms with E-state index >= 15 is 0 Å². The van der Waals surface area contributed by atoms with E-state index < -0.39 is 11.6 Å². The number of rotatable bonds is 6. The predicted molar refractivity (Wildman–Crippen MR) is 75.8 cm³/mol. The summed E-state index contributed by atoms with van der Waals surface area (Å²) < 4.78 is 29.1. The Kier molecular flexibility index (Phi) is 4.77. The number of carbonyl (C=O) groups excluding carboxylic acids is 1. The lowest BCUT2D eigenvalue weighted by molar-refractivity contribution is 0.0917. The Morgan fingerprint density at radius 3 is 2.14 bits per heavy atom. The third-order valence-electron chi connectivity index (χ3n) is 2.87. The number of Topliss-reactive ketones (excluding diaryl/α,β-unsaturated/α-hetero) is 1. The first-order valence-electron chi connectivity index (χ1n) is 6.27. The second kappa shape index (κ2) is 6.74. The van der Waals surface area contributed by atoms with Crippen molar-refractivity contribution in [3.63, 3.8) is 0 Å². The normalized spacial score (nSPS) is 10.0. The van der Waals surface area contributed by atoms with Gasteiger partial charge in [-0.1, -0.05) is 12.1 Å². The van der Waals surface area contributed by atoms with Gasteiger partial charge in [-0.05, 0) is 12.1 Å². The van der Waals surface area contributed by atoms with Gasteiger partial charge in [0, 0.05) is 18.2 Å². The molecule has 2 aromatic rings. The molecule has 0 amide bonds. The van der Waals surface area contributed by atoms with Crippen molar-refractivity contribution in [3.8, 4) is 17.2 Å². The van der Waals surface area contributed by atoms with Crippen LogP contribution in [0.5, 0.6) is 17.2 Å². The summed E-state index contributed by atoms with van der Waals surface area (Å²) in [7, 11) is 3.03. The lowest BCUT2D eigenvalue weighted by Crippen LogP contribution is -2.13. The SMILES string of the molecule is COc1cc(OC)cc(OCC(=O)c2ccccc2F)c1. The molecule has 0 saturated heterocycles. The fraction of sp³-hybridized carbons (Fsp3) is 0.188. The molecule has 2 rings (SSSR count). The van der Waals surface area contributed by atoms with Crippen LogP contribution >= 0.6 is 0 Å². The van der Waals surface area contributed by atoms with Crippen molar-refractivity contribution >= 4 is 5.78 Å². The van der Waals surface area contributed by atoms with Crippen molar-refractivity contribution in [3.05, 3.63) is 53.8 Å². The van der Waals surface area contributed by atoms with Gasteiger partial charge >= 0.3 is 0 Å². The van der Waals surface area contributed by atoms with Crippen LogP contribution in [0.15, 0.2) is 42.5 Å².